The van der Waals surface area contributed by atoms with Gasteiger partial charge in [-0.05, 0) is 30.3 Å². The van der Waals surface area contributed by atoms with Crippen molar-refractivity contribution < 1.29 is 0 Å². The third kappa shape index (κ3) is 2.61. The van der Waals surface area contributed by atoms with Crippen LogP contribution in [-0.2, 0) is 0 Å². The van der Waals surface area contributed by atoms with Gasteiger partial charge in [-0.25, -0.2) is 9.67 Å². The van der Waals surface area contributed by atoms with E-state index in [0.29, 0.717) is 5.82 Å². The van der Waals surface area contributed by atoms with Gasteiger partial charge in [0.15, 0.2) is 0 Å². The van der Waals surface area contributed by atoms with Crippen molar-refractivity contribution in [2.24, 2.45) is 0 Å². The van der Waals surface area contributed by atoms with Crippen LogP contribution >= 0.6 is 0 Å². The van der Waals surface area contributed by atoms with Crippen LogP contribution in [0.5, 0.6) is 0 Å². The molecule has 0 atom stereocenters. The largest absolute Gasteiger partial charge is 0.269 e. The molecular formula is C18H13N5O. The van der Waals surface area contributed by atoms with Gasteiger partial charge in [0.1, 0.15) is 5.82 Å². The highest BCUT2D eigenvalue weighted by Gasteiger charge is 2.07. The molecule has 0 unspecified atom stereocenters. The molecule has 0 spiro atoms. The lowest BCUT2D eigenvalue weighted by Crippen LogP contribution is -2.16. The minimum absolute atomic E-state index is 0.117. The maximum absolute atomic E-state index is 12.0. The van der Waals surface area contributed by atoms with Gasteiger partial charge in [-0.1, -0.05) is 12.1 Å². The smallest absolute Gasteiger partial charge is 0.256 e. The molecule has 0 N–H and O–H groups in total. The summed E-state index contributed by atoms with van der Waals surface area (Å²) < 4.78 is 3.25. The number of rotatable bonds is 3. The summed E-state index contributed by atoms with van der Waals surface area (Å²) in [5.74, 6) is 0.576. The zero-order valence-corrected chi connectivity index (χ0v) is 12.6. The Morgan fingerprint density at radius 1 is 0.917 bits per heavy atom. The Balaban J connectivity index is 1.74. The normalized spacial score (nSPS) is 10.7. The van der Waals surface area contributed by atoms with Crippen molar-refractivity contribution in [3.63, 3.8) is 0 Å². The average molecular weight is 315 g/mol. The Bertz CT molecular complexity index is 1040. The van der Waals surface area contributed by atoms with E-state index in [2.05, 4.69) is 15.1 Å². The van der Waals surface area contributed by atoms with Gasteiger partial charge in [0.2, 0.25) is 0 Å². The number of hydrogen-bond acceptors (Lipinski definition) is 4. The fraction of sp³-hybridized carbons (Fsp3) is 0. The summed E-state index contributed by atoms with van der Waals surface area (Å²) >= 11 is 0. The Kier molecular flexibility index (Phi) is 3.47. The van der Waals surface area contributed by atoms with Crippen LogP contribution in [0.2, 0.25) is 0 Å². The van der Waals surface area contributed by atoms with Crippen molar-refractivity contribution in [1.29, 1.82) is 0 Å². The van der Waals surface area contributed by atoms with Crippen molar-refractivity contribution in [3.8, 4) is 22.8 Å². The number of pyridine rings is 3. The second-order valence-electron chi connectivity index (χ2n) is 5.17. The standard InChI is InChI=1S/C18H13N5O/c24-18-8-1-2-10-22(18)17-7-3-6-16(21-17)14-11-20-23(13-14)15-5-4-9-19-12-15/h1-13H. The zero-order valence-electron chi connectivity index (χ0n) is 12.6. The third-order valence-electron chi connectivity index (χ3n) is 3.59. The topological polar surface area (TPSA) is 65.6 Å². The monoisotopic (exact) mass is 315 g/mol. The molecule has 4 rings (SSSR count). The van der Waals surface area contributed by atoms with Crippen LogP contribution in [0.25, 0.3) is 22.8 Å². The van der Waals surface area contributed by atoms with Crippen LogP contribution in [0, 0.1) is 0 Å². The molecule has 6 heteroatoms. The van der Waals surface area contributed by atoms with E-state index >= 15 is 0 Å². The molecule has 0 bridgehead atoms. The van der Waals surface area contributed by atoms with E-state index in [9.17, 15) is 4.79 Å². The Morgan fingerprint density at radius 2 is 1.88 bits per heavy atom. The van der Waals surface area contributed by atoms with Gasteiger partial charge in [-0.3, -0.25) is 14.3 Å². The summed E-state index contributed by atoms with van der Waals surface area (Å²) in [7, 11) is 0. The van der Waals surface area contributed by atoms with E-state index in [4.69, 9.17) is 0 Å². The Hall–Kier alpha value is -3.54. The van der Waals surface area contributed by atoms with Crippen LogP contribution in [0.1, 0.15) is 0 Å². The zero-order chi connectivity index (χ0) is 16.4. The SMILES string of the molecule is O=c1ccccn1-c1cccc(-c2cnn(-c3cccnc3)c2)n1. The van der Waals surface area contributed by atoms with Gasteiger partial charge in [-0.15, -0.1) is 0 Å². The second kappa shape index (κ2) is 5.92. The van der Waals surface area contributed by atoms with Gasteiger partial charge >= 0.3 is 0 Å². The molecule has 0 radical (unpaired) electrons. The van der Waals surface area contributed by atoms with E-state index in [0.717, 1.165) is 16.9 Å². The van der Waals surface area contributed by atoms with Crippen molar-refractivity contribution in [2.75, 3.05) is 0 Å². The molecule has 0 saturated carbocycles. The molecule has 24 heavy (non-hydrogen) atoms. The maximum atomic E-state index is 12.0. The maximum Gasteiger partial charge on any atom is 0.256 e. The quantitative estimate of drug-likeness (QED) is 0.582. The van der Waals surface area contributed by atoms with Gasteiger partial charge in [0.05, 0.1) is 23.8 Å². The minimum Gasteiger partial charge on any atom is -0.269 e. The van der Waals surface area contributed by atoms with Gasteiger partial charge in [0.25, 0.3) is 5.56 Å². The summed E-state index contributed by atoms with van der Waals surface area (Å²) in [6.07, 6.45) is 8.79. The predicted octanol–water partition coefficient (Wildman–Crippen LogP) is 2.48. The molecule has 0 aromatic carbocycles. The lowest BCUT2D eigenvalue weighted by molar-refractivity contribution is 0.874. The lowest BCUT2D eigenvalue weighted by Gasteiger charge is -2.05. The van der Waals surface area contributed by atoms with Crippen molar-refractivity contribution in [1.82, 2.24) is 24.3 Å². The van der Waals surface area contributed by atoms with Crippen LogP contribution in [-0.4, -0.2) is 24.3 Å². The van der Waals surface area contributed by atoms with Gasteiger partial charge in [0, 0.05) is 30.2 Å². The summed E-state index contributed by atoms with van der Waals surface area (Å²) in [6, 6.07) is 14.4. The van der Waals surface area contributed by atoms with Crippen molar-refractivity contribution in [3.05, 3.63) is 89.9 Å². The highest BCUT2D eigenvalue weighted by molar-refractivity contribution is 5.58. The first-order valence-corrected chi connectivity index (χ1v) is 7.42. The fourth-order valence-corrected chi connectivity index (χ4v) is 2.42. The van der Waals surface area contributed by atoms with E-state index in [-0.39, 0.29) is 5.56 Å². The lowest BCUT2D eigenvalue weighted by atomic mass is 10.2. The molecule has 0 amide bonds. The fourth-order valence-electron chi connectivity index (χ4n) is 2.42. The number of hydrogen-bond donors (Lipinski definition) is 0. The molecule has 0 aliphatic heterocycles. The molecule has 4 heterocycles. The van der Waals surface area contributed by atoms with E-state index in [1.165, 1.54) is 10.6 Å². The molecule has 4 aromatic rings. The number of nitrogens with zero attached hydrogens (tertiary/aromatic N) is 5. The van der Waals surface area contributed by atoms with Crippen LogP contribution in [0.15, 0.2) is 84.3 Å². The van der Waals surface area contributed by atoms with Gasteiger partial charge in [-0.2, -0.15) is 5.10 Å². The molecule has 0 fully saturated rings. The average Bonchev–Trinajstić information content (AvgIpc) is 3.13. The van der Waals surface area contributed by atoms with Crippen molar-refractivity contribution in [2.45, 2.75) is 0 Å². The molecule has 6 nitrogen and oxygen atoms in total. The van der Waals surface area contributed by atoms with Gasteiger partial charge < -0.3 is 0 Å². The van der Waals surface area contributed by atoms with E-state index < -0.39 is 0 Å². The Morgan fingerprint density at radius 3 is 2.71 bits per heavy atom. The first-order valence-electron chi connectivity index (χ1n) is 7.42. The summed E-state index contributed by atoms with van der Waals surface area (Å²) in [5.41, 5.74) is 2.37. The predicted molar refractivity (Wildman–Crippen MR) is 90.2 cm³/mol. The van der Waals surface area contributed by atoms with Crippen molar-refractivity contribution >= 4 is 0 Å². The number of aromatic nitrogens is 5. The third-order valence-corrected chi connectivity index (χ3v) is 3.59. The van der Waals surface area contributed by atoms with E-state index in [1.54, 1.807) is 47.7 Å². The van der Waals surface area contributed by atoms with Crippen LogP contribution < -0.4 is 5.56 Å². The molecular weight excluding hydrogens is 302 g/mol. The molecule has 4 aromatic heterocycles. The summed E-state index contributed by atoms with van der Waals surface area (Å²) in [4.78, 5) is 20.6. The Labute approximate surface area is 137 Å². The molecule has 0 saturated heterocycles. The minimum atomic E-state index is -0.117. The second-order valence-corrected chi connectivity index (χ2v) is 5.17. The molecule has 0 aliphatic rings. The molecule has 116 valence electrons. The summed E-state index contributed by atoms with van der Waals surface area (Å²) in [6.45, 7) is 0. The van der Waals surface area contributed by atoms with Crippen LogP contribution in [0.4, 0.5) is 0 Å². The van der Waals surface area contributed by atoms with Crippen LogP contribution in [0.3, 0.4) is 0 Å². The van der Waals surface area contributed by atoms with E-state index in [1.807, 2.05) is 30.5 Å². The highest BCUT2D eigenvalue weighted by atomic mass is 16.1. The summed E-state index contributed by atoms with van der Waals surface area (Å²) in [5, 5.41) is 4.35. The molecule has 0 aliphatic carbocycles. The first kappa shape index (κ1) is 14.1. The first-order chi connectivity index (χ1) is 11.8. The highest BCUT2D eigenvalue weighted by Crippen LogP contribution is 2.19.